The third-order valence-corrected chi connectivity index (χ3v) is 9.90. The average molecular weight is 604 g/mol. The molecule has 0 fully saturated rings. The summed E-state index contributed by atoms with van der Waals surface area (Å²) in [6, 6.07) is 58.8. The lowest BCUT2D eigenvalue weighted by Gasteiger charge is -2.28. The molecule has 0 N–H and O–H groups in total. The molecular formula is C45H33NO. The Balaban J connectivity index is 1.18. The molecule has 1 heterocycles. The monoisotopic (exact) mass is 603 g/mol. The Kier molecular flexibility index (Phi) is 6.20. The van der Waals surface area contributed by atoms with Gasteiger partial charge in [0.1, 0.15) is 5.58 Å². The highest BCUT2D eigenvalue weighted by Gasteiger charge is 2.36. The molecule has 0 aliphatic heterocycles. The van der Waals surface area contributed by atoms with Crippen molar-refractivity contribution in [3.05, 3.63) is 175 Å². The molecule has 1 aliphatic carbocycles. The summed E-state index contributed by atoms with van der Waals surface area (Å²) in [4.78, 5) is 2.35. The smallest absolute Gasteiger partial charge is 0.159 e. The fraction of sp³-hybridized carbons (Fsp3) is 0.0667. The molecular weight excluding hydrogens is 571 g/mol. The summed E-state index contributed by atoms with van der Waals surface area (Å²) < 4.78 is 6.59. The molecule has 8 aromatic rings. The highest BCUT2D eigenvalue weighted by atomic mass is 16.3. The molecule has 1 aliphatic rings. The topological polar surface area (TPSA) is 16.4 Å². The number of nitrogens with zero attached hydrogens (tertiary/aromatic N) is 1. The highest BCUT2D eigenvalue weighted by Crippen LogP contribution is 2.51. The maximum Gasteiger partial charge on any atom is 0.159 e. The van der Waals surface area contributed by atoms with Gasteiger partial charge < -0.3 is 9.32 Å². The van der Waals surface area contributed by atoms with Crippen molar-refractivity contribution in [2.45, 2.75) is 19.3 Å². The summed E-state index contributed by atoms with van der Waals surface area (Å²) in [5, 5.41) is 2.25. The van der Waals surface area contributed by atoms with Gasteiger partial charge in [-0.3, -0.25) is 0 Å². The first-order valence-corrected chi connectivity index (χ1v) is 16.3. The van der Waals surface area contributed by atoms with Crippen LogP contribution in [0.25, 0.3) is 55.3 Å². The van der Waals surface area contributed by atoms with E-state index < -0.39 is 0 Å². The van der Waals surface area contributed by atoms with Crippen LogP contribution in [0.1, 0.15) is 25.0 Å². The zero-order valence-corrected chi connectivity index (χ0v) is 26.4. The minimum atomic E-state index is -0.102. The van der Waals surface area contributed by atoms with Crippen LogP contribution in [0.2, 0.25) is 0 Å². The van der Waals surface area contributed by atoms with Crippen LogP contribution < -0.4 is 4.90 Å². The fourth-order valence-corrected chi connectivity index (χ4v) is 7.46. The van der Waals surface area contributed by atoms with Crippen LogP contribution in [0.4, 0.5) is 17.1 Å². The Morgan fingerprint density at radius 3 is 1.79 bits per heavy atom. The van der Waals surface area contributed by atoms with Gasteiger partial charge in [0.25, 0.3) is 0 Å². The van der Waals surface area contributed by atoms with Gasteiger partial charge in [-0.05, 0) is 80.9 Å². The lowest BCUT2D eigenvalue weighted by Crippen LogP contribution is -2.16. The van der Waals surface area contributed by atoms with Gasteiger partial charge in [0.05, 0.1) is 5.69 Å². The summed E-state index contributed by atoms with van der Waals surface area (Å²) in [6.07, 6.45) is 0. The van der Waals surface area contributed by atoms with Crippen molar-refractivity contribution in [2.24, 2.45) is 0 Å². The number of hydrogen-bond acceptors (Lipinski definition) is 2. The molecule has 7 aromatic carbocycles. The summed E-state index contributed by atoms with van der Waals surface area (Å²) in [7, 11) is 0. The third-order valence-electron chi connectivity index (χ3n) is 9.90. The largest absolute Gasteiger partial charge is 0.454 e. The van der Waals surface area contributed by atoms with Crippen molar-refractivity contribution in [1.82, 2.24) is 0 Å². The van der Waals surface area contributed by atoms with Crippen LogP contribution >= 0.6 is 0 Å². The van der Waals surface area contributed by atoms with Gasteiger partial charge in [-0.25, -0.2) is 0 Å². The zero-order chi connectivity index (χ0) is 31.5. The van der Waals surface area contributed by atoms with Crippen molar-refractivity contribution in [1.29, 1.82) is 0 Å². The number of rotatable bonds is 5. The van der Waals surface area contributed by atoms with Gasteiger partial charge in [-0.15, -0.1) is 0 Å². The Morgan fingerprint density at radius 1 is 0.447 bits per heavy atom. The van der Waals surface area contributed by atoms with Crippen LogP contribution in [0.15, 0.2) is 168 Å². The molecule has 47 heavy (non-hydrogen) atoms. The number of furan rings is 1. The SMILES string of the molecule is CC1(C)c2ccccc2-c2ccc(N(c3ccc(-c4ccc(-c5ccccc5)cc4)cc3)c3cccc4c3oc3ccccc34)cc21. The quantitative estimate of drug-likeness (QED) is 0.195. The number of para-hydroxylation sites is 2. The fourth-order valence-electron chi connectivity index (χ4n) is 7.46. The molecule has 0 radical (unpaired) electrons. The minimum absolute atomic E-state index is 0.102. The zero-order valence-electron chi connectivity index (χ0n) is 26.4. The van der Waals surface area contributed by atoms with E-state index in [0.717, 1.165) is 39.0 Å². The molecule has 224 valence electrons. The minimum Gasteiger partial charge on any atom is -0.454 e. The number of fused-ring (bicyclic) bond motifs is 6. The lowest BCUT2D eigenvalue weighted by molar-refractivity contribution is 0.660. The Labute approximate surface area is 275 Å². The Hall–Kier alpha value is -5.86. The summed E-state index contributed by atoms with van der Waals surface area (Å²) in [5.41, 5.74) is 15.1. The molecule has 0 saturated carbocycles. The number of hydrogen-bond donors (Lipinski definition) is 0. The van der Waals surface area contributed by atoms with Gasteiger partial charge in [-0.1, -0.05) is 141 Å². The number of benzene rings is 7. The second-order valence-electron chi connectivity index (χ2n) is 13.0. The first kappa shape index (κ1) is 27.5. The van der Waals surface area contributed by atoms with Crippen molar-refractivity contribution in [2.75, 3.05) is 4.90 Å². The van der Waals surface area contributed by atoms with Crippen molar-refractivity contribution in [3.63, 3.8) is 0 Å². The Morgan fingerprint density at radius 2 is 1.02 bits per heavy atom. The summed E-state index contributed by atoms with van der Waals surface area (Å²) >= 11 is 0. The molecule has 2 heteroatoms. The van der Waals surface area contributed by atoms with Crippen LogP contribution in [-0.4, -0.2) is 0 Å². The predicted molar refractivity (Wildman–Crippen MR) is 197 cm³/mol. The summed E-state index contributed by atoms with van der Waals surface area (Å²) in [6.45, 7) is 4.67. The lowest BCUT2D eigenvalue weighted by atomic mass is 9.82. The van der Waals surface area contributed by atoms with Crippen molar-refractivity contribution >= 4 is 39.0 Å². The molecule has 1 aromatic heterocycles. The van der Waals surface area contributed by atoms with Crippen molar-refractivity contribution in [3.8, 4) is 33.4 Å². The molecule has 9 rings (SSSR count). The van der Waals surface area contributed by atoms with E-state index >= 15 is 0 Å². The van der Waals surface area contributed by atoms with Gasteiger partial charge in [0.15, 0.2) is 5.58 Å². The number of anilines is 3. The molecule has 0 bridgehead atoms. The maximum absolute atomic E-state index is 6.59. The predicted octanol–water partition coefficient (Wildman–Crippen LogP) is 12.7. The second-order valence-corrected chi connectivity index (χ2v) is 13.0. The molecule has 2 nitrogen and oxygen atoms in total. The van der Waals surface area contributed by atoms with E-state index in [4.69, 9.17) is 4.42 Å². The molecule has 0 unspecified atom stereocenters. The first-order chi connectivity index (χ1) is 23.1. The van der Waals surface area contributed by atoms with Crippen molar-refractivity contribution < 1.29 is 4.42 Å². The van der Waals surface area contributed by atoms with Crippen LogP contribution in [0.3, 0.4) is 0 Å². The van der Waals surface area contributed by atoms with Gasteiger partial charge in [0, 0.05) is 27.6 Å². The second kappa shape index (κ2) is 10.6. The van der Waals surface area contributed by atoms with Crippen LogP contribution in [-0.2, 0) is 5.41 Å². The first-order valence-electron chi connectivity index (χ1n) is 16.3. The van der Waals surface area contributed by atoms with E-state index in [-0.39, 0.29) is 5.41 Å². The van der Waals surface area contributed by atoms with E-state index in [2.05, 4.69) is 176 Å². The molecule has 0 saturated heterocycles. The maximum atomic E-state index is 6.59. The van der Waals surface area contributed by atoms with E-state index in [0.29, 0.717) is 0 Å². The van der Waals surface area contributed by atoms with E-state index in [1.807, 2.05) is 6.07 Å². The molecule has 0 amide bonds. The van der Waals surface area contributed by atoms with Crippen LogP contribution in [0, 0.1) is 0 Å². The standard InChI is InChI=1S/C45H33NO/c1-45(2)40-16-8-6-13-36(40)37-28-27-35(29-41(37)45)46(42-17-10-15-39-38-14-7-9-18-43(38)47-44(39)42)34-25-23-33(24-26-34)32-21-19-31(20-22-32)30-11-4-3-5-12-30/h3-29H,1-2H3. The van der Waals surface area contributed by atoms with Gasteiger partial charge in [-0.2, -0.15) is 0 Å². The normalized spacial score (nSPS) is 13.1. The molecule has 0 spiro atoms. The van der Waals surface area contributed by atoms with E-state index in [1.165, 1.54) is 44.5 Å². The Bertz CT molecular complexity index is 2410. The van der Waals surface area contributed by atoms with E-state index in [1.54, 1.807) is 0 Å². The summed E-state index contributed by atoms with van der Waals surface area (Å²) in [5.74, 6) is 0. The van der Waals surface area contributed by atoms with Crippen LogP contribution in [0.5, 0.6) is 0 Å². The van der Waals surface area contributed by atoms with Gasteiger partial charge >= 0.3 is 0 Å². The van der Waals surface area contributed by atoms with Gasteiger partial charge in [0.2, 0.25) is 0 Å². The average Bonchev–Trinajstić information content (AvgIpc) is 3.62. The highest BCUT2D eigenvalue weighted by molar-refractivity contribution is 6.10. The molecule has 0 atom stereocenters. The van der Waals surface area contributed by atoms with E-state index in [9.17, 15) is 0 Å². The third kappa shape index (κ3) is 4.40.